The molecule has 0 saturated carbocycles. The first-order valence-corrected chi connectivity index (χ1v) is 8.89. The van der Waals surface area contributed by atoms with Gasteiger partial charge in [-0.25, -0.2) is 18.4 Å². The number of aliphatic carboxylic acids is 1. The molecule has 31 heavy (non-hydrogen) atoms. The van der Waals surface area contributed by atoms with Crippen LogP contribution in [0.4, 0.5) is 8.78 Å². The average molecular weight is 432 g/mol. The number of carboxylic acid groups (broad SMARTS) is 1. The van der Waals surface area contributed by atoms with Crippen molar-refractivity contribution in [2.24, 2.45) is 0 Å². The molecule has 2 aromatic rings. The van der Waals surface area contributed by atoms with Crippen molar-refractivity contribution in [2.75, 3.05) is 13.2 Å². The average Bonchev–Trinajstić information content (AvgIpc) is 2.73. The van der Waals surface area contributed by atoms with Crippen LogP contribution in [0.1, 0.15) is 12.0 Å². The van der Waals surface area contributed by atoms with Gasteiger partial charge in [0.05, 0.1) is 6.42 Å². The number of hydrogen-bond donors (Lipinski definition) is 1. The maximum absolute atomic E-state index is 13.1. The van der Waals surface area contributed by atoms with E-state index in [1.165, 1.54) is 24.3 Å². The molecule has 0 amide bonds. The van der Waals surface area contributed by atoms with Crippen molar-refractivity contribution in [3.8, 4) is 11.5 Å². The number of carbonyl (C=O) groups is 3. The lowest BCUT2D eigenvalue weighted by Gasteiger charge is -2.09. The maximum atomic E-state index is 13.1. The Morgan fingerprint density at radius 2 is 1.65 bits per heavy atom. The standard InChI is InChI=1S/C22H18F2O7/c1-14(22(28)31-16-5-2-15(3-6-16)4-9-20(25)26)12-21(27)30-11-10-29-17-7-8-18(23)19(24)13-17/h2-9,13H,1,10-12H2,(H,25,26). The molecule has 0 unspecified atom stereocenters. The summed E-state index contributed by atoms with van der Waals surface area (Å²) < 4.78 is 41.0. The second-order valence-electron chi connectivity index (χ2n) is 6.06. The van der Waals surface area contributed by atoms with E-state index in [0.29, 0.717) is 5.56 Å². The molecule has 0 saturated heterocycles. The number of esters is 2. The molecule has 0 aromatic heterocycles. The van der Waals surface area contributed by atoms with Crippen molar-refractivity contribution in [1.29, 1.82) is 0 Å². The zero-order valence-corrected chi connectivity index (χ0v) is 16.2. The number of ether oxygens (including phenoxy) is 3. The minimum Gasteiger partial charge on any atom is -0.490 e. The van der Waals surface area contributed by atoms with E-state index in [1.54, 1.807) is 12.1 Å². The second kappa shape index (κ2) is 11.2. The number of rotatable bonds is 10. The number of benzene rings is 2. The highest BCUT2D eigenvalue weighted by atomic mass is 19.2. The topological polar surface area (TPSA) is 99.1 Å². The van der Waals surface area contributed by atoms with Crippen molar-refractivity contribution in [3.05, 3.63) is 77.9 Å². The molecule has 0 fully saturated rings. The molecule has 0 spiro atoms. The van der Waals surface area contributed by atoms with Crippen LogP contribution >= 0.6 is 0 Å². The van der Waals surface area contributed by atoms with Gasteiger partial charge in [0.2, 0.25) is 0 Å². The van der Waals surface area contributed by atoms with Crippen LogP contribution in [-0.2, 0) is 19.1 Å². The predicted octanol–water partition coefficient (Wildman–Crippen LogP) is 3.54. The Labute approximate surface area is 176 Å². The first-order valence-electron chi connectivity index (χ1n) is 8.89. The minimum absolute atomic E-state index is 0.0763. The van der Waals surface area contributed by atoms with Crippen molar-refractivity contribution in [3.63, 3.8) is 0 Å². The Balaban J connectivity index is 1.72. The summed E-state index contributed by atoms with van der Waals surface area (Å²) in [5.74, 6) is -4.46. The Kier molecular flexibility index (Phi) is 8.44. The fraction of sp³-hybridized carbons (Fsp3) is 0.136. The van der Waals surface area contributed by atoms with Gasteiger partial charge < -0.3 is 19.3 Å². The van der Waals surface area contributed by atoms with E-state index < -0.39 is 36.0 Å². The molecule has 0 aliphatic carbocycles. The summed E-state index contributed by atoms with van der Waals surface area (Å²) in [5, 5.41) is 8.58. The summed E-state index contributed by atoms with van der Waals surface area (Å²) in [7, 11) is 0. The molecule has 9 heteroatoms. The van der Waals surface area contributed by atoms with Gasteiger partial charge in [0, 0.05) is 17.7 Å². The van der Waals surface area contributed by atoms with Crippen LogP contribution in [0.5, 0.6) is 11.5 Å². The normalized spacial score (nSPS) is 10.5. The SMILES string of the molecule is C=C(CC(=O)OCCOc1ccc(F)c(F)c1)C(=O)Oc1ccc(C=CC(=O)O)cc1. The van der Waals surface area contributed by atoms with Crippen LogP contribution < -0.4 is 9.47 Å². The Bertz CT molecular complexity index is 997. The van der Waals surface area contributed by atoms with E-state index in [-0.39, 0.29) is 30.3 Å². The van der Waals surface area contributed by atoms with Crippen molar-refractivity contribution in [2.45, 2.75) is 6.42 Å². The highest BCUT2D eigenvalue weighted by Gasteiger charge is 2.15. The Morgan fingerprint density at radius 3 is 2.29 bits per heavy atom. The minimum atomic E-state index is -1.09. The van der Waals surface area contributed by atoms with Crippen LogP contribution in [0.3, 0.4) is 0 Å². The number of halogens is 2. The summed E-state index contributed by atoms with van der Waals surface area (Å²) in [6.07, 6.45) is 1.93. The highest BCUT2D eigenvalue weighted by Crippen LogP contribution is 2.16. The van der Waals surface area contributed by atoms with Crippen LogP contribution in [0.15, 0.2) is 60.7 Å². The third-order valence-corrected chi connectivity index (χ3v) is 3.66. The smallest absolute Gasteiger partial charge is 0.339 e. The van der Waals surface area contributed by atoms with Gasteiger partial charge >= 0.3 is 17.9 Å². The lowest BCUT2D eigenvalue weighted by Crippen LogP contribution is -2.17. The van der Waals surface area contributed by atoms with Gasteiger partial charge in [0.1, 0.15) is 24.7 Å². The van der Waals surface area contributed by atoms with Gasteiger partial charge in [-0.05, 0) is 35.9 Å². The maximum Gasteiger partial charge on any atom is 0.339 e. The third kappa shape index (κ3) is 8.09. The highest BCUT2D eigenvalue weighted by molar-refractivity contribution is 5.94. The summed E-state index contributed by atoms with van der Waals surface area (Å²) >= 11 is 0. The van der Waals surface area contributed by atoms with E-state index in [4.69, 9.17) is 19.3 Å². The zero-order chi connectivity index (χ0) is 22.8. The van der Waals surface area contributed by atoms with Crippen LogP contribution in [0.2, 0.25) is 0 Å². The largest absolute Gasteiger partial charge is 0.490 e. The first kappa shape index (κ1) is 23.3. The van der Waals surface area contributed by atoms with Crippen LogP contribution in [0.25, 0.3) is 6.08 Å². The van der Waals surface area contributed by atoms with E-state index in [0.717, 1.165) is 18.2 Å². The molecular weight excluding hydrogens is 414 g/mol. The molecule has 0 bridgehead atoms. The van der Waals surface area contributed by atoms with Gasteiger partial charge in [-0.15, -0.1) is 0 Å². The van der Waals surface area contributed by atoms with Crippen molar-refractivity contribution < 1.29 is 42.5 Å². The zero-order valence-electron chi connectivity index (χ0n) is 16.2. The van der Waals surface area contributed by atoms with Crippen molar-refractivity contribution in [1.82, 2.24) is 0 Å². The lowest BCUT2D eigenvalue weighted by molar-refractivity contribution is -0.145. The van der Waals surface area contributed by atoms with Gasteiger partial charge in [0.25, 0.3) is 0 Å². The van der Waals surface area contributed by atoms with Gasteiger partial charge in [-0.3, -0.25) is 4.79 Å². The van der Waals surface area contributed by atoms with Crippen LogP contribution in [-0.4, -0.2) is 36.2 Å². The monoisotopic (exact) mass is 432 g/mol. The molecule has 0 radical (unpaired) electrons. The molecule has 0 aliphatic rings. The van der Waals surface area contributed by atoms with Gasteiger partial charge in [-0.1, -0.05) is 18.7 Å². The molecule has 0 heterocycles. The van der Waals surface area contributed by atoms with E-state index in [1.807, 2.05) is 0 Å². The summed E-state index contributed by atoms with van der Waals surface area (Å²) in [6.45, 7) is 3.21. The molecule has 0 aliphatic heterocycles. The molecule has 162 valence electrons. The van der Waals surface area contributed by atoms with Crippen LogP contribution in [0, 0.1) is 11.6 Å². The fourth-order valence-electron chi connectivity index (χ4n) is 2.17. The first-order chi connectivity index (χ1) is 14.7. The molecule has 2 rings (SSSR count). The van der Waals surface area contributed by atoms with E-state index in [2.05, 4.69) is 6.58 Å². The molecule has 1 N–H and O–H groups in total. The number of hydrogen-bond acceptors (Lipinski definition) is 6. The molecule has 0 atom stereocenters. The summed E-state index contributed by atoms with van der Waals surface area (Å²) in [4.78, 5) is 34.3. The molecular formula is C22H18F2O7. The second-order valence-corrected chi connectivity index (χ2v) is 6.06. The summed E-state index contributed by atoms with van der Waals surface area (Å²) in [5.41, 5.74) is 0.455. The van der Waals surface area contributed by atoms with Gasteiger partial charge in [0.15, 0.2) is 11.6 Å². The number of carboxylic acids is 1. The fourth-order valence-corrected chi connectivity index (χ4v) is 2.17. The predicted molar refractivity (Wildman–Crippen MR) is 105 cm³/mol. The van der Waals surface area contributed by atoms with E-state index in [9.17, 15) is 23.2 Å². The van der Waals surface area contributed by atoms with E-state index >= 15 is 0 Å². The lowest BCUT2D eigenvalue weighted by atomic mass is 10.2. The molecule has 7 nitrogen and oxygen atoms in total. The Hall–Kier alpha value is -4.01. The third-order valence-electron chi connectivity index (χ3n) is 3.66. The van der Waals surface area contributed by atoms with Crippen molar-refractivity contribution >= 4 is 24.0 Å². The molecule has 2 aromatic carbocycles. The Morgan fingerprint density at radius 1 is 0.968 bits per heavy atom. The summed E-state index contributed by atoms with van der Waals surface area (Å²) in [6, 6.07) is 9.02. The number of carbonyl (C=O) groups excluding carboxylic acids is 2. The van der Waals surface area contributed by atoms with Gasteiger partial charge in [-0.2, -0.15) is 0 Å². The quantitative estimate of drug-likeness (QED) is 0.265.